The normalized spacial score (nSPS) is 27.9. The molecule has 0 bridgehead atoms. The summed E-state index contributed by atoms with van der Waals surface area (Å²) in [6.45, 7) is 0.989. The summed E-state index contributed by atoms with van der Waals surface area (Å²) in [4.78, 5) is 1.77. The van der Waals surface area contributed by atoms with Gasteiger partial charge in [0.2, 0.25) is 0 Å². The van der Waals surface area contributed by atoms with Gasteiger partial charge >= 0.3 is 0 Å². The van der Waals surface area contributed by atoms with Crippen molar-refractivity contribution in [2.45, 2.75) is 24.3 Å². The van der Waals surface area contributed by atoms with E-state index in [4.69, 9.17) is 9.81 Å². The standard InChI is InChI=1S/C11H15N3O4S/c12-6-9-10(14-5-1-2-8(15)7-14)3-4-13-11(9)19(16,17)18/h3-4,8,11,13,15H,1-2,5,7H2,(H,16,17,18). The Morgan fingerprint density at radius 2 is 2.26 bits per heavy atom. The van der Waals surface area contributed by atoms with Crippen LogP contribution in [0.25, 0.3) is 0 Å². The minimum absolute atomic E-state index is 0.0564. The molecule has 104 valence electrons. The molecule has 0 aromatic carbocycles. The van der Waals surface area contributed by atoms with Gasteiger partial charge in [-0.3, -0.25) is 4.55 Å². The number of nitriles is 1. The van der Waals surface area contributed by atoms with E-state index in [2.05, 4.69) is 5.32 Å². The van der Waals surface area contributed by atoms with Crippen LogP contribution in [0.1, 0.15) is 12.8 Å². The first kappa shape index (κ1) is 13.9. The molecular weight excluding hydrogens is 270 g/mol. The Hall–Kier alpha value is -1.56. The Balaban J connectivity index is 2.38. The van der Waals surface area contributed by atoms with Crippen LogP contribution < -0.4 is 5.32 Å². The van der Waals surface area contributed by atoms with Crippen molar-refractivity contribution in [3.8, 4) is 6.07 Å². The Labute approximate surface area is 111 Å². The molecule has 7 nitrogen and oxygen atoms in total. The summed E-state index contributed by atoms with van der Waals surface area (Å²) in [7, 11) is -4.40. The highest BCUT2D eigenvalue weighted by atomic mass is 32.2. The van der Waals surface area contributed by atoms with Crippen LogP contribution in [0.5, 0.6) is 0 Å². The number of hydrogen-bond acceptors (Lipinski definition) is 6. The van der Waals surface area contributed by atoms with E-state index in [1.165, 1.54) is 6.20 Å². The van der Waals surface area contributed by atoms with Gasteiger partial charge in [-0.15, -0.1) is 0 Å². The Kier molecular flexibility index (Phi) is 3.80. The molecule has 0 saturated carbocycles. The average Bonchev–Trinajstić information content (AvgIpc) is 2.36. The number of dihydropyridines is 1. The maximum absolute atomic E-state index is 11.3. The van der Waals surface area contributed by atoms with Crippen LogP contribution in [0.4, 0.5) is 0 Å². The topological polar surface area (TPSA) is 114 Å². The minimum Gasteiger partial charge on any atom is -0.391 e. The molecule has 0 radical (unpaired) electrons. The molecule has 2 rings (SSSR count). The van der Waals surface area contributed by atoms with Crippen molar-refractivity contribution in [1.29, 1.82) is 5.26 Å². The Morgan fingerprint density at radius 3 is 2.84 bits per heavy atom. The zero-order valence-corrected chi connectivity index (χ0v) is 11.0. The molecule has 1 fully saturated rings. The number of allylic oxidation sites excluding steroid dienone is 1. The third kappa shape index (κ3) is 2.89. The van der Waals surface area contributed by atoms with Crippen molar-refractivity contribution >= 4 is 10.1 Å². The Bertz CT molecular complexity index is 561. The van der Waals surface area contributed by atoms with Gasteiger partial charge in [-0.25, -0.2) is 0 Å². The summed E-state index contributed by atoms with van der Waals surface area (Å²) in [5.41, 5.74) is 0.377. The number of rotatable bonds is 2. The molecule has 0 amide bonds. The van der Waals surface area contributed by atoms with Crippen LogP contribution in [0.3, 0.4) is 0 Å². The number of nitrogens with one attached hydrogen (secondary N) is 1. The molecule has 1 saturated heterocycles. The highest BCUT2D eigenvalue weighted by Crippen LogP contribution is 2.24. The van der Waals surface area contributed by atoms with E-state index in [0.29, 0.717) is 25.2 Å². The fourth-order valence-electron chi connectivity index (χ4n) is 2.32. The second-order valence-corrected chi connectivity index (χ2v) is 6.05. The molecule has 3 N–H and O–H groups in total. The molecule has 0 aliphatic carbocycles. The maximum Gasteiger partial charge on any atom is 0.291 e. The summed E-state index contributed by atoms with van der Waals surface area (Å²) in [6.07, 6.45) is 3.93. The zero-order valence-electron chi connectivity index (χ0n) is 10.2. The second kappa shape index (κ2) is 5.21. The molecule has 2 aliphatic rings. The summed E-state index contributed by atoms with van der Waals surface area (Å²) < 4.78 is 31.6. The van der Waals surface area contributed by atoms with E-state index >= 15 is 0 Å². The lowest BCUT2D eigenvalue weighted by atomic mass is 10.0. The number of nitrogens with zero attached hydrogens (tertiary/aromatic N) is 2. The number of aliphatic hydroxyl groups is 1. The van der Waals surface area contributed by atoms with Crippen LogP contribution in [0.15, 0.2) is 23.5 Å². The molecular formula is C11H15N3O4S. The SMILES string of the molecule is N#CC1=C(N2CCCC(O)C2)C=CNC1S(=O)(=O)O. The van der Waals surface area contributed by atoms with Gasteiger partial charge in [0.15, 0.2) is 5.37 Å². The number of likely N-dealkylation sites (tertiary alicyclic amines) is 1. The lowest BCUT2D eigenvalue weighted by Crippen LogP contribution is -2.43. The average molecular weight is 285 g/mol. The molecule has 0 aromatic rings. The number of β-amino-alcohol motifs (C(OH)–C–C–N with tert-alkyl or cyclic N) is 1. The number of hydrogen-bond donors (Lipinski definition) is 3. The van der Waals surface area contributed by atoms with E-state index in [1.807, 2.05) is 6.07 Å². The molecule has 19 heavy (non-hydrogen) atoms. The molecule has 8 heteroatoms. The summed E-state index contributed by atoms with van der Waals surface area (Å²) >= 11 is 0. The zero-order chi connectivity index (χ0) is 14.0. The van der Waals surface area contributed by atoms with E-state index in [9.17, 15) is 13.5 Å². The van der Waals surface area contributed by atoms with Gasteiger partial charge in [0.1, 0.15) is 6.07 Å². The lowest BCUT2D eigenvalue weighted by Gasteiger charge is -2.35. The molecule has 0 spiro atoms. The fourth-order valence-corrected chi connectivity index (χ4v) is 3.04. The molecule has 2 atom stereocenters. The van der Waals surface area contributed by atoms with Crippen molar-refractivity contribution in [3.63, 3.8) is 0 Å². The van der Waals surface area contributed by atoms with E-state index in [-0.39, 0.29) is 5.57 Å². The smallest absolute Gasteiger partial charge is 0.291 e. The van der Waals surface area contributed by atoms with Crippen molar-refractivity contribution in [3.05, 3.63) is 23.5 Å². The van der Waals surface area contributed by atoms with Gasteiger partial charge < -0.3 is 15.3 Å². The Morgan fingerprint density at radius 1 is 1.53 bits per heavy atom. The number of aliphatic hydroxyl groups excluding tert-OH is 1. The predicted octanol–water partition coefficient (Wildman–Crippen LogP) is -0.448. The highest BCUT2D eigenvalue weighted by Gasteiger charge is 2.33. The lowest BCUT2D eigenvalue weighted by molar-refractivity contribution is 0.0892. The third-order valence-electron chi connectivity index (χ3n) is 3.18. The van der Waals surface area contributed by atoms with Crippen LogP contribution in [0, 0.1) is 11.3 Å². The largest absolute Gasteiger partial charge is 0.391 e. The molecule has 2 unspecified atom stereocenters. The highest BCUT2D eigenvalue weighted by molar-refractivity contribution is 7.86. The minimum atomic E-state index is -4.40. The van der Waals surface area contributed by atoms with Crippen molar-refractivity contribution in [2.24, 2.45) is 0 Å². The van der Waals surface area contributed by atoms with Crippen molar-refractivity contribution in [2.75, 3.05) is 13.1 Å². The van der Waals surface area contributed by atoms with Crippen LogP contribution in [-0.4, -0.2) is 47.5 Å². The first-order chi connectivity index (χ1) is 8.93. The van der Waals surface area contributed by atoms with Crippen LogP contribution in [0.2, 0.25) is 0 Å². The maximum atomic E-state index is 11.3. The van der Waals surface area contributed by atoms with Crippen molar-refractivity contribution in [1.82, 2.24) is 10.2 Å². The number of piperidine rings is 1. The van der Waals surface area contributed by atoms with Gasteiger partial charge in [-0.2, -0.15) is 13.7 Å². The molecule has 0 aromatic heterocycles. The molecule has 2 aliphatic heterocycles. The summed E-state index contributed by atoms with van der Waals surface area (Å²) in [5.74, 6) is 0. The first-order valence-corrected chi connectivity index (χ1v) is 7.40. The predicted molar refractivity (Wildman–Crippen MR) is 67.1 cm³/mol. The van der Waals surface area contributed by atoms with Gasteiger partial charge in [-0.05, 0) is 25.1 Å². The van der Waals surface area contributed by atoms with E-state index in [0.717, 1.165) is 6.42 Å². The summed E-state index contributed by atoms with van der Waals surface area (Å²) in [5, 5.41) is 19.8. The second-order valence-electron chi connectivity index (χ2n) is 4.55. The molecule has 2 heterocycles. The van der Waals surface area contributed by atoms with Crippen LogP contribution in [-0.2, 0) is 10.1 Å². The van der Waals surface area contributed by atoms with Crippen molar-refractivity contribution < 1.29 is 18.1 Å². The van der Waals surface area contributed by atoms with Gasteiger partial charge in [0.25, 0.3) is 10.1 Å². The van der Waals surface area contributed by atoms with Crippen LogP contribution >= 0.6 is 0 Å². The first-order valence-electron chi connectivity index (χ1n) is 5.89. The fraction of sp³-hybridized carbons (Fsp3) is 0.545. The summed E-state index contributed by atoms with van der Waals surface area (Å²) in [6, 6.07) is 1.83. The third-order valence-corrected chi connectivity index (χ3v) is 4.15. The monoisotopic (exact) mass is 285 g/mol. The van der Waals surface area contributed by atoms with E-state index in [1.54, 1.807) is 11.0 Å². The van der Waals surface area contributed by atoms with E-state index < -0.39 is 21.6 Å². The van der Waals surface area contributed by atoms with Gasteiger partial charge in [0, 0.05) is 13.1 Å². The van der Waals surface area contributed by atoms with Gasteiger partial charge in [0.05, 0.1) is 17.4 Å². The quantitative estimate of drug-likeness (QED) is 0.589. The van der Waals surface area contributed by atoms with Gasteiger partial charge in [-0.1, -0.05) is 0 Å².